The molecule has 0 amide bonds. The van der Waals surface area contributed by atoms with E-state index in [0.29, 0.717) is 0 Å². The van der Waals surface area contributed by atoms with Crippen LogP contribution in [0, 0.1) is 20.8 Å². The molecule has 1 aromatic carbocycles. The molecule has 0 radical (unpaired) electrons. The standard InChI is InChI=1S/C22H32N6/c1-17-6-5-7-20(19(17)3)26-12-14-27(15-13-26)21-16-18(2)23-22(24-21)28-10-8-25(4)9-11-28/h5-7,16H,8-15H2,1-4H3. The van der Waals surface area contributed by atoms with Crippen LogP contribution >= 0.6 is 0 Å². The van der Waals surface area contributed by atoms with Gasteiger partial charge in [-0.2, -0.15) is 4.98 Å². The summed E-state index contributed by atoms with van der Waals surface area (Å²) in [5, 5.41) is 0. The third kappa shape index (κ3) is 3.92. The highest BCUT2D eigenvalue weighted by Gasteiger charge is 2.22. The van der Waals surface area contributed by atoms with Crippen LogP contribution in [0.5, 0.6) is 0 Å². The fraction of sp³-hybridized carbons (Fsp3) is 0.545. The number of hydrogen-bond donors (Lipinski definition) is 0. The molecule has 2 fully saturated rings. The summed E-state index contributed by atoms with van der Waals surface area (Å²) in [6, 6.07) is 8.74. The summed E-state index contributed by atoms with van der Waals surface area (Å²) < 4.78 is 0. The third-order valence-corrected chi connectivity index (χ3v) is 6.14. The fourth-order valence-electron chi connectivity index (χ4n) is 4.10. The second kappa shape index (κ2) is 7.95. The van der Waals surface area contributed by atoms with Crippen LogP contribution in [-0.4, -0.2) is 74.3 Å². The molecule has 2 saturated heterocycles. The Bertz CT molecular complexity index is 820. The van der Waals surface area contributed by atoms with Gasteiger partial charge < -0.3 is 19.6 Å². The van der Waals surface area contributed by atoms with Gasteiger partial charge >= 0.3 is 0 Å². The molecule has 28 heavy (non-hydrogen) atoms. The number of nitrogens with zero attached hydrogens (tertiary/aromatic N) is 6. The van der Waals surface area contributed by atoms with Crippen molar-refractivity contribution in [3.8, 4) is 0 Å². The van der Waals surface area contributed by atoms with Crippen molar-refractivity contribution in [1.82, 2.24) is 14.9 Å². The summed E-state index contributed by atoms with van der Waals surface area (Å²) in [4.78, 5) is 19.3. The van der Waals surface area contributed by atoms with Crippen LogP contribution < -0.4 is 14.7 Å². The molecule has 3 heterocycles. The number of aryl methyl sites for hydroxylation is 2. The van der Waals surface area contributed by atoms with E-state index in [1.165, 1.54) is 16.8 Å². The van der Waals surface area contributed by atoms with E-state index in [1.807, 2.05) is 0 Å². The molecular formula is C22H32N6. The van der Waals surface area contributed by atoms with Gasteiger partial charge in [0.2, 0.25) is 5.95 Å². The van der Waals surface area contributed by atoms with Crippen molar-refractivity contribution >= 4 is 17.5 Å². The van der Waals surface area contributed by atoms with Crippen molar-refractivity contribution < 1.29 is 0 Å². The number of anilines is 3. The van der Waals surface area contributed by atoms with Crippen LogP contribution in [0.2, 0.25) is 0 Å². The van der Waals surface area contributed by atoms with E-state index in [0.717, 1.165) is 69.8 Å². The topological polar surface area (TPSA) is 38.7 Å². The summed E-state index contributed by atoms with van der Waals surface area (Å²) in [6.45, 7) is 14.7. The average molecular weight is 381 g/mol. The van der Waals surface area contributed by atoms with Gasteiger partial charge in [0.1, 0.15) is 5.82 Å². The third-order valence-electron chi connectivity index (χ3n) is 6.14. The zero-order valence-corrected chi connectivity index (χ0v) is 17.6. The summed E-state index contributed by atoms with van der Waals surface area (Å²) in [6.07, 6.45) is 0. The van der Waals surface area contributed by atoms with Crippen molar-refractivity contribution in [2.45, 2.75) is 20.8 Å². The van der Waals surface area contributed by atoms with Crippen LogP contribution in [0.4, 0.5) is 17.5 Å². The number of hydrogen-bond acceptors (Lipinski definition) is 6. The molecule has 2 aliphatic rings. The fourth-order valence-corrected chi connectivity index (χ4v) is 4.10. The Balaban J connectivity index is 1.46. The summed E-state index contributed by atoms with van der Waals surface area (Å²) >= 11 is 0. The van der Waals surface area contributed by atoms with Gasteiger partial charge in [0.05, 0.1) is 0 Å². The van der Waals surface area contributed by atoms with Gasteiger partial charge in [-0.3, -0.25) is 0 Å². The second-order valence-electron chi connectivity index (χ2n) is 8.15. The van der Waals surface area contributed by atoms with Gasteiger partial charge in [-0.25, -0.2) is 4.98 Å². The lowest BCUT2D eigenvalue weighted by atomic mass is 10.1. The molecule has 0 unspecified atom stereocenters. The lowest BCUT2D eigenvalue weighted by Gasteiger charge is -2.38. The predicted octanol–water partition coefficient (Wildman–Crippen LogP) is 2.48. The number of aromatic nitrogens is 2. The van der Waals surface area contributed by atoms with E-state index in [4.69, 9.17) is 9.97 Å². The Hall–Kier alpha value is -2.34. The molecular weight excluding hydrogens is 348 g/mol. The minimum Gasteiger partial charge on any atom is -0.368 e. The molecule has 2 aliphatic heterocycles. The van der Waals surface area contributed by atoms with E-state index >= 15 is 0 Å². The zero-order chi connectivity index (χ0) is 19.7. The van der Waals surface area contributed by atoms with Gasteiger partial charge in [0.25, 0.3) is 0 Å². The van der Waals surface area contributed by atoms with Crippen LogP contribution in [-0.2, 0) is 0 Å². The maximum absolute atomic E-state index is 4.94. The number of likely N-dealkylation sites (N-methyl/N-ethyl adjacent to an activating group) is 1. The molecule has 0 atom stereocenters. The minimum absolute atomic E-state index is 0.889. The number of rotatable bonds is 3. The summed E-state index contributed by atoms with van der Waals surface area (Å²) in [5.74, 6) is 1.96. The zero-order valence-electron chi connectivity index (χ0n) is 17.6. The summed E-state index contributed by atoms with van der Waals surface area (Å²) in [7, 11) is 2.18. The van der Waals surface area contributed by atoms with Gasteiger partial charge in [0, 0.05) is 69.8 Å². The molecule has 0 aliphatic carbocycles. The largest absolute Gasteiger partial charge is 0.368 e. The quantitative estimate of drug-likeness (QED) is 0.815. The molecule has 1 aromatic heterocycles. The van der Waals surface area contributed by atoms with E-state index in [-0.39, 0.29) is 0 Å². The van der Waals surface area contributed by atoms with Crippen LogP contribution in [0.1, 0.15) is 16.8 Å². The van der Waals surface area contributed by atoms with Gasteiger partial charge in [-0.15, -0.1) is 0 Å². The van der Waals surface area contributed by atoms with Crippen molar-refractivity contribution in [2.24, 2.45) is 0 Å². The lowest BCUT2D eigenvalue weighted by molar-refractivity contribution is 0.311. The van der Waals surface area contributed by atoms with E-state index in [1.54, 1.807) is 0 Å². The molecule has 6 nitrogen and oxygen atoms in total. The van der Waals surface area contributed by atoms with Gasteiger partial charge in [0.15, 0.2) is 0 Å². The smallest absolute Gasteiger partial charge is 0.227 e. The Morgan fingerprint density at radius 1 is 0.750 bits per heavy atom. The Morgan fingerprint density at radius 3 is 2.11 bits per heavy atom. The monoisotopic (exact) mass is 380 g/mol. The molecule has 2 aromatic rings. The highest BCUT2D eigenvalue weighted by Crippen LogP contribution is 2.26. The van der Waals surface area contributed by atoms with Crippen molar-refractivity contribution in [3.63, 3.8) is 0 Å². The van der Waals surface area contributed by atoms with E-state index in [2.05, 4.69) is 71.7 Å². The summed E-state index contributed by atoms with van der Waals surface area (Å²) in [5.41, 5.74) is 5.18. The van der Waals surface area contributed by atoms with Crippen LogP contribution in [0.25, 0.3) is 0 Å². The highest BCUT2D eigenvalue weighted by molar-refractivity contribution is 5.57. The first-order valence-electron chi connectivity index (χ1n) is 10.4. The van der Waals surface area contributed by atoms with E-state index < -0.39 is 0 Å². The van der Waals surface area contributed by atoms with Gasteiger partial charge in [-0.05, 0) is 45.0 Å². The molecule has 0 bridgehead atoms. The average Bonchev–Trinajstić information content (AvgIpc) is 2.70. The molecule has 6 heteroatoms. The first-order chi connectivity index (χ1) is 13.5. The van der Waals surface area contributed by atoms with Crippen LogP contribution in [0.15, 0.2) is 24.3 Å². The highest BCUT2D eigenvalue weighted by atomic mass is 15.3. The molecule has 150 valence electrons. The molecule has 4 rings (SSSR count). The van der Waals surface area contributed by atoms with E-state index in [9.17, 15) is 0 Å². The maximum Gasteiger partial charge on any atom is 0.227 e. The molecule has 0 spiro atoms. The minimum atomic E-state index is 0.889. The molecule has 0 N–H and O–H groups in total. The first-order valence-corrected chi connectivity index (χ1v) is 10.4. The Labute approximate surface area is 168 Å². The number of piperazine rings is 2. The van der Waals surface area contributed by atoms with Crippen LogP contribution in [0.3, 0.4) is 0 Å². The predicted molar refractivity (Wildman–Crippen MR) is 117 cm³/mol. The van der Waals surface area contributed by atoms with Crippen molar-refractivity contribution in [1.29, 1.82) is 0 Å². The second-order valence-corrected chi connectivity index (χ2v) is 8.15. The normalized spacial score (nSPS) is 18.6. The first kappa shape index (κ1) is 19.0. The van der Waals surface area contributed by atoms with Crippen molar-refractivity contribution in [3.05, 3.63) is 41.1 Å². The Morgan fingerprint density at radius 2 is 1.39 bits per heavy atom. The maximum atomic E-state index is 4.94. The lowest BCUT2D eigenvalue weighted by Crippen LogP contribution is -2.47. The SMILES string of the molecule is Cc1cc(N2CCN(c3cccc(C)c3C)CC2)nc(N2CCN(C)CC2)n1. The number of benzene rings is 1. The Kier molecular flexibility index (Phi) is 5.40. The molecule has 0 saturated carbocycles. The van der Waals surface area contributed by atoms with Crippen molar-refractivity contribution in [2.75, 3.05) is 74.1 Å². The van der Waals surface area contributed by atoms with Gasteiger partial charge in [-0.1, -0.05) is 12.1 Å².